The minimum atomic E-state index is -0.276. The van der Waals surface area contributed by atoms with Crippen molar-refractivity contribution in [1.29, 1.82) is 0 Å². The van der Waals surface area contributed by atoms with Crippen LogP contribution >= 0.6 is 11.3 Å². The Morgan fingerprint density at radius 1 is 1.06 bits per heavy atom. The SMILES string of the molecule is Cc1ccc(OCC(=O)Nc2cccc(OCc3cc(=O)n4nc(C(C)C)sc4n3)c2)cc1C. The molecule has 4 aromatic rings. The molecule has 0 radical (unpaired) electrons. The van der Waals surface area contributed by atoms with Crippen molar-refractivity contribution in [3.63, 3.8) is 0 Å². The molecule has 0 fully saturated rings. The second-order valence-corrected chi connectivity index (χ2v) is 9.26. The number of carbonyl (C=O) groups is 1. The van der Waals surface area contributed by atoms with Crippen molar-refractivity contribution in [3.05, 3.63) is 80.7 Å². The molecule has 4 rings (SSSR count). The van der Waals surface area contributed by atoms with Crippen molar-refractivity contribution in [1.82, 2.24) is 14.6 Å². The first kappa shape index (κ1) is 23.4. The Kier molecular flexibility index (Phi) is 6.93. The molecule has 176 valence electrons. The summed E-state index contributed by atoms with van der Waals surface area (Å²) >= 11 is 1.39. The number of aromatic nitrogens is 3. The summed E-state index contributed by atoms with van der Waals surface area (Å²) in [6.07, 6.45) is 0. The highest BCUT2D eigenvalue weighted by atomic mass is 32.1. The smallest absolute Gasteiger partial charge is 0.275 e. The Morgan fingerprint density at radius 2 is 1.85 bits per heavy atom. The molecule has 0 spiro atoms. The summed E-state index contributed by atoms with van der Waals surface area (Å²) < 4.78 is 12.7. The van der Waals surface area contributed by atoms with Gasteiger partial charge in [-0.15, -0.1) is 0 Å². The van der Waals surface area contributed by atoms with Gasteiger partial charge in [-0.3, -0.25) is 9.59 Å². The van der Waals surface area contributed by atoms with Crippen LogP contribution in [0.1, 0.15) is 41.6 Å². The topological polar surface area (TPSA) is 94.8 Å². The van der Waals surface area contributed by atoms with Gasteiger partial charge in [-0.2, -0.15) is 9.61 Å². The quantitative estimate of drug-likeness (QED) is 0.401. The van der Waals surface area contributed by atoms with Gasteiger partial charge in [0.1, 0.15) is 23.1 Å². The second kappa shape index (κ2) is 10.0. The molecule has 0 atom stereocenters. The third-order valence-corrected chi connectivity index (χ3v) is 6.37. The summed E-state index contributed by atoms with van der Waals surface area (Å²) in [6.45, 7) is 8.08. The number of fused-ring (bicyclic) bond motifs is 1. The average molecular weight is 479 g/mol. The number of rotatable bonds is 8. The number of aryl methyl sites for hydroxylation is 2. The molecule has 2 aromatic heterocycles. The molecule has 0 bridgehead atoms. The lowest BCUT2D eigenvalue weighted by molar-refractivity contribution is -0.118. The maximum Gasteiger partial charge on any atom is 0.275 e. The van der Waals surface area contributed by atoms with E-state index < -0.39 is 0 Å². The summed E-state index contributed by atoms with van der Waals surface area (Å²) in [7, 11) is 0. The van der Waals surface area contributed by atoms with Crippen LogP contribution in [0.4, 0.5) is 5.69 Å². The Bertz CT molecular complexity index is 1390. The van der Waals surface area contributed by atoms with Crippen molar-refractivity contribution in [2.75, 3.05) is 11.9 Å². The molecule has 2 aromatic carbocycles. The maximum atomic E-state index is 12.4. The molecule has 0 aliphatic carbocycles. The van der Waals surface area contributed by atoms with Gasteiger partial charge in [-0.1, -0.05) is 37.3 Å². The van der Waals surface area contributed by atoms with Gasteiger partial charge < -0.3 is 14.8 Å². The van der Waals surface area contributed by atoms with E-state index in [1.165, 1.54) is 27.5 Å². The first-order chi connectivity index (χ1) is 16.3. The van der Waals surface area contributed by atoms with Crippen LogP contribution in [0.25, 0.3) is 4.96 Å². The lowest BCUT2D eigenvalue weighted by atomic mass is 10.1. The van der Waals surface area contributed by atoms with Gasteiger partial charge in [0.05, 0.1) is 5.69 Å². The van der Waals surface area contributed by atoms with Crippen LogP contribution in [0.3, 0.4) is 0 Å². The van der Waals surface area contributed by atoms with Crippen LogP contribution in [0.5, 0.6) is 11.5 Å². The fourth-order valence-corrected chi connectivity index (χ4v) is 4.07. The van der Waals surface area contributed by atoms with E-state index in [1.54, 1.807) is 24.3 Å². The molecular weight excluding hydrogens is 452 g/mol. The minimum Gasteiger partial charge on any atom is -0.487 e. The number of nitrogens with zero attached hydrogens (tertiary/aromatic N) is 3. The molecule has 9 heteroatoms. The number of hydrogen-bond donors (Lipinski definition) is 1. The molecular formula is C25H26N4O4S. The van der Waals surface area contributed by atoms with Gasteiger partial charge in [0.2, 0.25) is 4.96 Å². The van der Waals surface area contributed by atoms with E-state index >= 15 is 0 Å². The Morgan fingerprint density at radius 3 is 2.62 bits per heavy atom. The standard InChI is InChI=1S/C25H26N4O4S/c1-15(2)24-28-29-23(31)12-19(27-25(29)34-24)13-32-20-7-5-6-18(11-20)26-22(30)14-33-21-9-8-16(3)17(4)10-21/h5-12,15H,13-14H2,1-4H3,(H,26,30). The van der Waals surface area contributed by atoms with Gasteiger partial charge in [-0.25, -0.2) is 4.98 Å². The zero-order valence-corrected chi connectivity index (χ0v) is 20.3. The second-order valence-electron chi connectivity index (χ2n) is 8.27. The molecule has 0 aliphatic rings. The van der Waals surface area contributed by atoms with E-state index in [0.717, 1.165) is 10.6 Å². The first-order valence-electron chi connectivity index (χ1n) is 10.9. The highest BCUT2D eigenvalue weighted by Gasteiger charge is 2.12. The van der Waals surface area contributed by atoms with Crippen LogP contribution < -0.4 is 20.3 Å². The van der Waals surface area contributed by atoms with Crippen molar-refractivity contribution in [2.45, 2.75) is 40.2 Å². The summed E-state index contributed by atoms with van der Waals surface area (Å²) in [4.78, 5) is 29.7. The summed E-state index contributed by atoms with van der Waals surface area (Å²) in [5, 5.41) is 7.98. The Labute approximate surface area is 201 Å². The van der Waals surface area contributed by atoms with E-state index in [4.69, 9.17) is 9.47 Å². The van der Waals surface area contributed by atoms with Crippen molar-refractivity contribution >= 4 is 27.9 Å². The maximum absolute atomic E-state index is 12.4. The van der Waals surface area contributed by atoms with Gasteiger partial charge in [-0.05, 0) is 49.2 Å². The summed E-state index contributed by atoms with van der Waals surface area (Å²) in [6, 6.07) is 14.2. The van der Waals surface area contributed by atoms with Crippen LogP contribution in [0.15, 0.2) is 53.3 Å². The number of nitrogens with one attached hydrogen (secondary N) is 1. The van der Waals surface area contributed by atoms with Crippen LogP contribution in [0.2, 0.25) is 0 Å². The van der Waals surface area contributed by atoms with Crippen LogP contribution in [0, 0.1) is 13.8 Å². The summed E-state index contributed by atoms with van der Waals surface area (Å²) in [5.41, 5.74) is 3.13. The highest BCUT2D eigenvalue weighted by Crippen LogP contribution is 2.21. The predicted octanol–water partition coefficient (Wildman–Crippen LogP) is 4.49. The fraction of sp³-hybridized carbons (Fsp3) is 0.280. The van der Waals surface area contributed by atoms with Gasteiger partial charge in [0.25, 0.3) is 11.5 Å². The lowest BCUT2D eigenvalue weighted by Gasteiger charge is -2.10. The normalized spacial score (nSPS) is 11.1. The van der Waals surface area contributed by atoms with Gasteiger partial charge >= 0.3 is 0 Å². The van der Waals surface area contributed by atoms with Gasteiger partial charge in [0.15, 0.2) is 6.61 Å². The molecule has 1 amide bonds. The molecule has 0 saturated carbocycles. The largest absolute Gasteiger partial charge is 0.487 e. The summed E-state index contributed by atoms with van der Waals surface area (Å²) in [5.74, 6) is 1.14. The van der Waals surface area contributed by atoms with Crippen molar-refractivity contribution in [2.24, 2.45) is 0 Å². The molecule has 0 aliphatic heterocycles. The third kappa shape index (κ3) is 5.60. The molecule has 1 N–H and O–H groups in total. The van der Waals surface area contributed by atoms with E-state index in [9.17, 15) is 9.59 Å². The van der Waals surface area contributed by atoms with Crippen LogP contribution in [-0.4, -0.2) is 27.1 Å². The molecule has 0 unspecified atom stereocenters. The Hall–Kier alpha value is -3.72. The van der Waals surface area contributed by atoms with Crippen molar-refractivity contribution < 1.29 is 14.3 Å². The number of carbonyl (C=O) groups excluding carboxylic acids is 1. The molecule has 0 saturated heterocycles. The molecule has 8 nitrogen and oxygen atoms in total. The Balaban J connectivity index is 1.36. The number of amides is 1. The molecule has 2 heterocycles. The average Bonchev–Trinajstić information content (AvgIpc) is 3.24. The fourth-order valence-electron chi connectivity index (χ4n) is 3.15. The number of anilines is 1. The number of hydrogen-bond acceptors (Lipinski definition) is 7. The lowest BCUT2D eigenvalue weighted by Crippen LogP contribution is -2.20. The zero-order chi connectivity index (χ0) is 24.2. The molecule has 34 heavy (non-hydrogen) atoms. The number of ether oxygens (including phenoxy) is 2. The first-order valence-corrected chi connectivity index (χ1v) is 11.7. The zero-order valence-electron chi connectivity index (χ0n) is 19.5. The van der Waals surface area contributed by atoms with E-state index in [2.05, 4.69) is 15.4 Å². The van der Waals surface area contributed by atoms with E-state index in [-0.39, 0.29) is 30.6 Å². The number of benzene rings is 2. The van der Waals surface area contributed by atoms with E-state index in [0.29, 0.717) is 27.8 Å². The highest BCUT2D eigenvalue weighted by molar-refractivity contribution is 7.16. The predicted molar refractivity (Wildman–Crippen MR) is 132 cm³/mol. The monoisotopic (exact) mass is 478 g/mol. The third-order valence-electron chi connectivity index (χ3n) is 5.16. The van der Waals surface area contributed by atoms with E-state index in [1.807, 2.05) is 45.9 Å². The van der Waals surface area contributed by atoms with Crippen molar-refractivity contribution in [3.8, 4) is 11.5 Å². The van der Waals surface area contributed by atoms with Crippen LogP contribution in [-0.2, 0) is 11.4 Å². The minimum absolute atomic E-state index is 0.103. The van der Waals surface area contributed by atoms with Gasteiger partial charge in [0, 0.05) is 23.7 Å².